The number of carbonyl (C=O) groups is 2. The number of rotatable bonds is 5. The Morgan fingerprint density at radius 1 is 1.23 bits per heavy atom. The Labute approximate surface area is 189 Å². The number of nitrogens with zero attached hydrogens (tertiary/aromatic N) is 2. The lowest BCUT2D eigenvalue weighted by atomic mass is 10.1. The van der Waals surface area contributed by atoms with Crippen molar-refractivity contribution >= 4 is 40.9 Å². The van der Waals surface area contributed by atoms with Gasteiger partial charge in [-0.2, -0.15) is 0 Å². The van der Waals surface area contributed by atoms with Crippen LogP contribution in [0.5, 0.6) is 11.5 Å². The van der Waals surface area contributed by atoms with E-state index in [1.54, 1.807) is 29.2 Å². The summed E-state index contributed by atoms with van der Waals surface area (Å²) in [5, 5.41) is 14.4. The number of nitrogens with one attached hydrogen (secondary N) is 1. The van der Waals surface area contributed by atoms with Gasteiger partial charge in [0.25, 0.3) is 5.91 Å². The number of benzene rings is 2. The van der Waals surface area contributed by atoms with Crippen LogP contribution in [-0.4, -0.2) is 44.8 Å². The van der Waals surface area contributed by atoms with Gasteiger partial charge in [0.05, 0.1) is 10.8 Å². The minimum atomic E-state index is -0.576. The molecule has 1 N–H and O–H groups in total. The van der Waals surface area contributed by atoms with E-state index in [9.17, 15) is 19.7 Å². The van der Waals surface area contributed by atoms with E-state index in [1.807, 2.05) is 20.8 Å². The SMILES string of the molecule is CC(C)(C)NC(=O)C1CSCN1C(=O)c1ccc(Oc2ccc(Cl)cc2[N+](=O)[O-])cc1. The first kappa shape index (κ1) is 22.9. The van der Waals surface area contributed by atoms with E-state index >= 15 is 0 Å². The molecule has 0 aromatic heterocycles. The van der Waals surface area contributed by atoms with Gasteiger partial charge in [0.15, 0.2) is 0 Å². The molecule has 31 heavy (non-hydrogen) atoms. The molecule has 3 rings (SSSR count). The van der Waals surface area contributed by atoms with E-state index in [2.05, 4.69) is 5.32 Å². The highest BCUT2D eigenvalue weighted by atomic mass is 35.5. The maximum atomic E-state index is 13.0. The Morgan fingerprint density at radius 2 is 1.90 bits per heavy atom. The minimum Gasteiger partial charge on any atom is -0.450 e. The number of thioether (sulfide) groups is 1. The summed E-state index contributed by atoms with van der Waals surface area (Å²) in [6.07, 6.45) is 0. The number of hydrogen-bond acceptors (Lipinski definition) is 6. The van der Waals surface area contributed by atoms with Crippen LogP contribution in [0, 0.1) is 10.1 Å². The molecule has 2 aromatic carbocycles. The first-order chi connectivity index (χ1) is 14.5. The molecule has 164 valence electrons. The van der Waals surface area contributed by atoms with E-state index < -0.39 is 11.0 Å². The zero-order chi connectivity index (χ0) is 22.8. The zero-order valence-corrected chi connectivity index (χ0v) is 18.8. The van der Waals surface area contributed by atoms with Gasteiger partial charge in [0.2, 0.25) is 11.7 Å². The van der Waals surface area contributed by atoms with Crippen molar-refractivity contribution in [2.24, 2.45) is 0 Å². The normalized spacial score (nSPS) is 16.1. The largest absolute Gasteiger partial charge is 0.450 e. The smallest absolute Gasteiger partial charge is 0.313 e. The molecule has 1 aliphatic heterocycles. The molecule has 0 saturated carbocycles. The molecule has 0 radical (unpaired) electrons. The maximum Gasteiger partial charge on any atom is 0.313 e. The van der Waals surface area contributed by atoms with E-state index in [0.717, 1.165) is 0 Å². The van der Waals surface area contributed by atoms with Gasteiger partial charge in [-0.25, -0.2) is 0 Å². The summed E-state index contributed by atoms with van der Waals surface area (Å²) in [6, 6.07) is 9.84. The van der Waals surface area contributed by atoms with Crippen molar-refractivity contribution in [1.29, 1.82) is 0 Å². The molecule has 1 unspecified atom stereocenters. The first-order valence-electron chi connectivity index (χ1n) is 9.48. The number of halogens is 1. The van der Waals surface area contributed by atoms with Gasteiger partial charge in [-0.3, -0.25) is 19.7 Å². The van der Waals surface area contributed by atoms with Crippen molar-refractivity contribution < 1.29 is 19.2 Å². The third-order valence-corrected chi connectivity index (χ3v) is 5.64. The molecule has 10 heteroatoms. The van der Waals surface area contributed by atoms with Crippen LogP contribution in [0.25, 0.3) is 0 Å². The van der Waals surface area contributed by atoms with Crippen LogP contribution in [0.15, 0.2) is 42.5 Å². The summed E-state index contributed by atoms with van der Waals surface area (Å²) in [5.41, 5.74) is -0.244. The quantitative estimate of drug-likeness (QED) is 0.518. The van der Waals surface area contributed by atoms with E-state index in [4.69, 9.17) is 16.3 Å². The fourth-order valence-corrected chi connectivity index (χ4v) is 4.31. The fraction of sp³-hybridized carbons (Fsp3) is 0.333. The second-order valence-electron chi connectivity index (χ2n) is 8.03. The van der Waals surface area contributed by atoms with Crippen LogP contribution in [0.2, 0.25) is 5.02 Å². The Morgan fingerprint density at radius 3 is 2.52 bits per heavy atom. The van der Waals surface area contributed by atoms with Crippen molar-refractivity contribution in [2.45, 2.75) is 32.4 Å². The number of nitro benzene ring substituents is 1. The van der Waals surface area contributed by atoms with Crippen molar-refractivity contribution in [2.75, 3.05) is 11.6 Å². The van der Waals surface area contributed by atoms with Crippen molar-refractivity contribution in [3.05, 3.63) is 63.2 Å². The van der Waals surface area contributed by atoms with Gasteiger partial charge >= 0.3 is 5.69 Å². The van der Waals surface area contributed by atoms with Crippen molar-refractivity contribution in [3.8, 4) is 11.5 Å². The van der Waals surface area contributed by atoms with Gasteiger partial charge < -0.3 is 15.0 Å². The average molecular weight is 464 g/mol. The molecule has 1 heterocycles. The van der Waals surface area contributed by atoms with E-state index in [1.165, 1.54) is 30.0 Å². The fourth-order valence-electron chi connectivity index (χ4n) is 2.99. The molecule has 2 amide bonds. The number of ether oxygens (including phenoxy) is 1. The highest BCUT2D eigenvalue weighted by molar-refractivity contribution is 7.99. The predicted molar refractivity (Wildman–Crippen MR) is 120 cm³/mol. The summed E-state index contributed by atoms with van der Waals surface area (Å²) in [5.74, 6) is 0.901. The Kier molecular flexibility index (Phi) is 6.76. The Balaban J connectivity index is 1.73. The standard InChI is InChI=1S/C21H22ClN3O5S/c1-21(2,3)23-19(26)17-11-31-12-24(17)20(27)13-4-7-15(8-5-13)30-18-9-6-14(22)10-16(18)25(28)29/h4-10,17H,11-12H2,1-3H3,(H,23,26). The van der Waals surface area contributed by atoms with Gasteiger partial charge in [-0.15, -0.1) is 11.8 Å². The molecule has 2 aromatic rings. The van der Waals surface area contributed by atoms with Crippen LogP contribution >= 0.6 is 23.4 Å². The Hall–Kier alpha value is -2.78. The summed E-state index contributed by atoms with van der Waals surface area (Å²) in [6.45, 7) is 5.68. The van der Waals surface area contributed by atoms with Crippen LogP contribution in [0.4, 0.5) is 5.69 Å². The van der Waals surface area contributed by atoms with Gasteiger partial charge in [-0.1, -0.05) is 11.6 Å². The van der Waals surface area contributed by atoms with Gasteiger partial charge in [-0.05, 0) is 57.2 Å². The molecule has 8 nitrogen and oxygen atoms in total. The monoisotopic (exact) mass is 463 g/mol. The van der Waals surface area contributed by atoms with Crippen LogP contribution in [0.3, 0.4) is 0 Å². The lowest BCUT2D eigenvalue weighted by molar-refractivity contribution is -0.385. The molecule has 0 spiro atoms. The van der Waals surface area contributed by atoms with E-state index in [-0.39, 0.29) is 33.8 Å². The summed E-state index contributed by atoms with van der Waals surface area (Å²) >= 11 is 7.34. The van der Waals surface area contributed by atoms with Crippen LogP contribution in [-0.2, 0) is 4.79 Å². The lowest BCUT2D eigenvalue weighted by Gasteiger charge is -2.27. The van der Waals surface area contributed by atoms with Crippen molar-refractivity contribution in [3.63, 3.8) is 0 Å². The third-order valence-electron chi connectivity index (χ3n) is 4.39. The molecular formula is C21H22ClN3O5S. The third kappa shape index (κ3) is 5.68. The zero-order valence-electron chi connectivity index (χ0n) is 17.3. The molecule has 1 atom stereocenters. The van der Waals surface area contributed by atoms with Crippen LogP contribution < -0.4 is 10.1 Å². The van der Waals surface area contributed by atoms with E-state index in [0.29, 0.717) is 22.9 Å². The predicted octanol–water partition coefficient (Wildman–Crippen LogP) is 4.47. The average Bonchev–Trinajstić information content (AvgIpc) is 3.18. The second kappa shape index (κ2) is 9.15. The number of carbonyl (C=O) groups excluding carboxylic acids is 2. The highest BCUT2D eigenvalue weighted by Crippen LogP contribution is 2.34. The van der Waals surface area contributed by atoms with Gasteiger partial charge in [0.1, 0.15) is 11.8 Å². The second-order valence-corrected chi connectivity index (χ2v) is 9.46. The van der Waals surface area contributed by atoms with Crippen molar-refractivity contribution in [1.82, 2.24) is 10.2 Å². The maximum absolute atomic E-state index is 13.0. The minimum absolute atomic E-state index is 0.0448. The summed E-state index contributed by atoms with van der Waals surface area (Å²) in [4.78, 5) is 37.7. The van der Waals surface area contributed by atoms with Gasteiger partial charge in [0, 0.05) is 27.9 Å². The number of nitro groups is 1. The molecular weight excluding hydrogens is 442 g/mol. The molecule has 1 fully saturated rings. The molecule has 0 aliphatic carbocycles. The number of hydrogen-bond donors (Lipinski definition) is 1. The summed E-state index contributed by atoms with van der Waals surface area (Å²) < 4.78 is 5.61. The Bertz CT molecular complexity index is 1010. The number of amides is 2. The summed E-state index contributed by atoms with van der Waals surface area (Å²) in [7, 11) is 0. The molecule has 1 saturated heterocycles. The van der Waals surface area contributed by atoms with Crippen LogP contribution in [0.1, 0.15) is 31.1 Å². The molecule has 0 bridgehead atoms. The first-order valence-corrected chi connectivity index (χ1v) is 11.0. The topological polar surface area (TPSA) is 102 Å². The molecule has 1 aliphatic rings. The lowest BCUT2D eigenvalue weighted by Crippen LogP contribution is -2.52. The highest BCUT2D eigenvalue weighted by Gasteiger charge is 2.36.